The number of amides is 1. The third-order valence-electron chi connectivity index (χ3n) is 3.69. The van der Waals surface area contributed by atoms with Gasteiger partial charge in [0.15, 0.2) is 0 Å². The van der Waals surface area contributed by atoms with E-state index in [1.165, 1.54) is 0 Å². The van der Waals surface area contributed by atoms with Crippen LogP contribution >= 0.6 is 27.3 Å². The number of aryl methyl sites for hydroxylation is 1. The predicted molar refractivity (Wildman–Crippen MR) is 108 cm³/mol. The average molecular weight is 416 g/mol. The molecule has 0 saturated heterocycles. The molecule has 4 nitrogen and oxygen atoms in total. The van der Waals surface area contributed by atoms with E-state index in [1.807, 2.05) is 67.8 Å². The van der Waals surface area contributed by atoms with E-state index in [2.05, 4.69) is 31.5 Å². The summed E-state index contributed by atoms with van der Waals surface area (Å²) < 4.78 is 0.979. The summed E-state index contributed by atoms with van der Waals surface area (Å²) in [6, 6.07) is 15.1. The molecule has 6 heteroatoms. The molecule has 2 aromatic carbocycles. The van der Waals surface area contributed by atoms with Crippen LogP contribution in [0.5, 0.6) is 0 Å². The van der Waals surface area contributed by atoms with Gasteiger partial charge in [0.1, 0.15) is 6.04 Å². The van der Waals surface area contributed by atoms with Crippen LogP contribution in [0.4, 0.5) is 11.4 Å². The Morgan fingerprint density at radius 2 is 1.72 bits per heavy atom. The van der Waals surface area contributed by atoms with Crippen LogP contribution in [0.15, 0.2) is 58.4 Å². The third-order valence-corrected chi connectivity index (χ3v) is 4.99. The van der Waals surface area contributed by atoms with Crippen molar-refractivity contribution < 1.29 is 4.79 Å². The van der Waals surface area contributed by atoms with Crippen LogP contribution in [0, 0.1) is 6.92 Å². The first-order chi connectivity index (χ1) is 12.0. The quantitative estimate of drug-likeness (QED) is 0.592. The number of halogens is 1. The number of thiazole rings is 1. The summed E-state index contributed by atoms with van der Waals surface area (Å²) in [5, 5.41) is 9.22. The van der Waals surface area contributed by atoms with Gasteiger partial charge < -0.3 is 10.6 Å². The molecule has 3 aromatic rings. The number of carbonyl (C=O) groups excluding carboxylic acids is 1. The van der Waals surface area contributed by atoms with Crippen molar-refractivity contribution in [3.63, 3.8) is 0 Å². The zero-order chi connectivity index (χ0) is 17.8. The molecule has 0 spiro atoms. The van der Waals surface area contributed by atoms with Crippen LogP contribution in [0.25, 0.3) is 11.3 Å². The number of hydrogen-bond acceptors (Lipinski definition) is 4. The molecule has 128 valence electrons. The first-order valence-electron chi connectivity index (χ1n) is 7.87. The molecular formula is C19H18BrN3OS. The summed E-state index contributed by atoms with van der Waals surface area (Å²) in [7, 11) is 0. The maximum Gasteiger partial charge on any atom is 0.246 e. The lowest BCUT2D eigenvalue weighted by molar-refractivity contribution is -0.116. The molecule has 0 fully saturated rings. The number of rotatable bonds is 5. The van der Waals surface area contributed by atoms with Gasteiger partial charge in [-0.05, 0) is 50.2 Å². The largest absolute Gasteiger partial charge is 0.374 e. The van der Waals surface area contributed by atoms with E-state index in [-0.39, 0.29) is 11.9 Å². The third kappa shape index (κ3) is 4.67. The highest BCUT2D eigenvalue weighted by atomic mass is 79.9. The molecule has 0 radical (unpaired) electrons. The van der Waals surface area contributed by atoms with Gasteiger partial charge in [-0.25, -0.2) is 4.98 Å². The molecule has 1 atom stereocenters. The van der Waals surface area contributed by atoms with Gasteiger partial charge in [0.2, 0.25) is 5.91 Å². The Labute approximate surface area is 159 Å². The molecular weight excluding hydrogens is 398 g/mol. The summed E-state index contributed by atoms with van der Waals surface area (Å²) in [6.45, 7) is 3.84. The second-order valence-corrected chi connectivity index (χ2v) is 7.67. The molecule has 0 aliphatic carbocycles. The minimum absolute atomic E-state index is 0.0819. The van der Waals surface area contributed by atoms with Crippen molar-refractivity contribution in [2.45, 2.75) is 19.9 Å². The van der Waals surface area contributed by atoms with E-state index in [9.17, 15) is 4.79 Å². The van der Waals surface area contributed by atoms with Crippen LogP contribution in [0.1, 0.15) is 11.9 Å². The maximum atomic E-state index is 12.3. The molecule has 1 heterocycles. The standard InChI is InChI=1S/C19H18BrN3OS/c1-12(19(24)23-17-9-5-15(20)6-10-17)21-16-7-3-14(4-8-16)18-11-25-13(2)22-18/h3-12,21H,1-2H3,(H,23,24)/t12-/m0/s1. The van der Waals surface area contributed by atoms with E-state index in [4.69, 9.17) is 0 Å². The lowest BCUT2D eigenvalue weighted by Gasteiger charge is -2.15. The van der Waals surface area contributed by atoms with Gasteiger partial charge in [-0.15, -0.1) is 11.3 Å². The van der Waals surface area contributed by atoms with Crippen molar-refractivity contribution in [3.8, 4) is 11.3 Å². The minimum atomic E-state index is -0.351. The van der Waals surface area contributed by atoms with Crippen molar-refractivity contribution >= 4 is 44.5 Å². The molecule has 1 aromatic heterocycles. The van der Waals surface area contributed by atoms with Crippen molar-refractivity contribution in [1.29, 1.82) is 0 Å². The number of nitrogens with zero attached hydrogens (tertiary/aromatic N) is 1. The topological polar surface area (TPSA) is 54.0 Å². The van der Waals surface area contributed by atoms with Crippen LogP contribution < -0.4 is 10.6 Å². The van der Waals surface area contributed by atoms with Crippen molar-refractivity contribution in [1.82, 2.24) is 4.98 Å². The summed E-state index contributed by atoms with van der Waals surface area (Å²) in [4.78, 5) is 16.8. The molecule has 2 N–H and O–H groups in total. The number of aromatic nitrogens is 1. The molecule has 3 rings (SSSR count). The molecule has 0 saturated carbocycles. The minimum Gasteiger partial charge on any atom is -0.374 e. The Morgan fingerprint density at radius 3 is 2.32 bits per heavy atom. The Balaban J connectivity index is 1.61. The van der Waals surface area contributed by atoms with Gasteiger partial charge in [0.05, 0.1) is 10.7 Å². The monoisotopic (exact) mass is 415 g/mol. The second-order valence-electron chi connectivity index (χ2n) is 5.69. The first-order valence-corrected chi connectivity index (χ1v) is 9.54. The summed E-state index contributed by atoms with van der Waals surface area (Å²) in [5.41, 5.74) is 3.72. The van der Waals surface area contributed by atoms with Crippen LogP contribution in [0.2, 0.25) is 0 Å². The van der Waals surface area contributed by atoms with E-state index in [0.29, 0.717) is 0 Å². The molecule has 0 aliphatic heterocycles. The zero-order valence-electron chi connectivity index (χ0n) is 13.9. The van der Waals surface area contributed by atoms with Crippen molar-refractivity contribution in [2.75, 3.05) is 10.6 Å². The SMILES string of the molecule is Cc1nc(-c2ccc(N[C@@H](C)C(=O)Nc3ccc(Br)cc3)cc2)cs1. The fourth-order valence-electron chi connectivity index (χ4n) is 2.33. The second kappa shape index (κ2) is 7.80. The number of carbonyl (C=O) groups is 1. The highest BCUT2D eigenvalue weighted by Crippen LogP contribution is 2.23. The molecule has 0 unspecified atom stereocenters. The van der Waals surface area contributed by atoms with Gasteiger partial charge in [0, 0.05) is 26.8 Å². The Morgan fingerprint density at radius 1 is 1.08 bits per heavy atom. The van der Waals surface area contributed by atoms with Gasteiger partial charge in [-0.1, -0.05) is 28.1 Å². The average Bonchev–Trinajstić information content (AvgIpc) is 3.04. The van der Waals surface area contributed by atoms with Crippen molar-refractivity contribution in [2.24, 2.45) is 0 Å². The van der Waals surface area contributed by atoms with Crippen LogP contribution in [0.3, 0.4) is 0 Å². The van der Waals surface area contributed by atoms with Crippen LogP contribution in [-0.4, -0.2) is 16.9 Å². The zero-order valence-corrected chi connectivity index (χ0v) is 16.3. The summed E-state index contributed by atoms with van der Waals surface area (Å²) in [5.74, 6) is -0.0819. The normalized spacial score (nSPS) is 11.8. The fraction of sp³-hybridized carbons (Fsp3) is 0.158. The first kappa shape index (κ1) is 17.6. The van der Waals surface area contributed by atoms with E-state index >= 15 is 0 Å². The molecule has 1 amide bonds. The van der Waals surface area contributed by atoms with Crippen LogP contribution in [-0.2, 0) is 4.79 Å². The summed E-state index contributed by atoms with van der Waals surface area (Å²) in [6.07, 6.45) is 0. The molecule has 0 aliphatic rings. The Hall–Kier alpha value is -2.18. The van der Waals surface area contributed by atoms with E-state index in [1.54, 1.807) is 11.3 Å². The van der Waals surface area contributed by atoms with Gasteiger partial charge in [-0.3, -0.25) is 4.79 Å². The molecule has 0 bridgehead atoms. The van der Waals surface area contributed by atoms with E-state index in [0.717, 1.165) is 32.1 Å². The number of anilines is 2. The van der Waals surface area contributed by atoms with Crippen molar-refractivity contribution in [3.05, 3.63) is 63.4 Å². The highest BCUT2D eigenvalue weighted by Gasteiger charge is 2.13. The van der Waals surface area contributed by atoms with Gasteiger partial charge in [0.25, 0.3) is 0 Å². The Bertz CT molecular complexity index is 859. The van der Waals surface area contributed by atoms with E-state index < -0.39 is 0 Å². The number of benzene rings is 2. The highest BCUT2D eigenvalue weighted by molar-refractivity contribution is 9.10. The lowest BCUT2D eigenvalue weighted by Crippen LogP contribution is -2.31. The van der Waals surface area contributed by atoms with Gasteiger partial charge in [-0.2, -0.15) is 0 Å². The maximum absolute atomic E-state index is 12.3. The number of nitrogens with one attached hydrogen (secondary N) is 2. The Kier molecular flexibility index (Phi) is 5.50. The fourth-order valence-corrected chi connectivity index (χ4v) is 3.22. The van der Waals surface area contributed by atoms with Gasteiger partial charge >= 0.3 is 0 Å². The smallest absolute Gasteiger partial charge is 0.246 e. The number of hydrogen-bond donors (Lipinski definition) is 2. The molecule has 25 heavy (non-hydrogen) atoms. The lowest BCUT2D eigenvalue weighted by atomic mass is 10.1. The predicted octanol–water partition coefficient (Wildman–Crippen LogP) is 5.32. The summed E-state index contributed by atoms with van der Waals surface area (Å²) >= 11 is 5.02.